The van der Waals surface area contributed by atoms with Gasteiger partial charge in [-0.15, -0.1) is 0 Å². The van der Waals surface area contributed by atoms with Gasteiger partial charge in [0, 0.05) is 5.56 Å². The summed E-state index contributed by atoms with van der Waals surface area (Å²) < 4.78 is 62.6. The standard InChI is InChI=1S/C16H21BrF3NO3S/c1-6-24-13(22)16(19,20)15(5,21-25(23)14(2,3)4)10-8-7-9-11(17)12(10)18/h7-9,21H,6H2,1-5H3/t15-,25-/m1/s1. The molecule has 4 nitrogen and oxygen atoms in total. The minimum absolute atomic E-state index is 0.0563. The van der Waals surface area contributed by atoms with Gasteiger partial charge in [0.05, 0.1) is 26.8 Å². The maximum Gasteiger partial charge on any atom is 0.379 e. The Morgan fingerprint density at radius 2 is 1.84 bits per heavy atom. The fraction of sp³-hybridized carbons (Fsp3) is 0.562. The zero-order chi connectivity index (χ0) is 19.6. The molecule has 1 N–H and O–H groups in total. The van der Waals surface area contributed by atoms with Crippen LogP contribution in [0.5, 0.6) is 0 Å². The number of esters is 1. The van der Waals surface area contributed by atoms with Gasteiger partial charge >= 0.3 is 11.9 Å². The number of rotatable bonds is 6. The first-order chi connectivity index (χ1) is 11.3. The monoisotopic (exact) mass is 443 g/mol. The summed E-state index contributed by atoms with van der Waals surface area (Å²) in [4.78, 5) is 11.9. The first kappa shape index (κ1) is 22.1. The Hall–Kier alpha value is -0.930. The third-order valence-electron chi connectivity index (χ3n) is 3.50. The quantitative estimate of drug-likeness (QED) is 0.674. The van der Waals surface area contributed by atoms with Crippen LogP contribution in [0, 0.1) is 5.82 Å². The Bertz CT molecular complexity index is 679. The molecule has 25 heavy (non-hydrogen) atoms. The van der Waals surface area contributed by atoms with E-state index in [9.17, 15) is 22.2 Å². The molecule has 0 spiro atoms. The lowest BCUT2D eigenvalue weighted by atomic mass is 9.86. The molecule has 0 aliphatic carbocycles. The molecule has 0 saturated carbocycles. The lowest BCUT2D eigenvalue weighted by Gasteiger charge is -2.38. The van der Waals surface area contributed by atoms with Crippen molar-refractivity contribution >= 4 is 32.9 Å². The van der Waals surface area contributed by atoms with Gasteiger partial charge in [-0.1, -0.05) is 12.1 Å². The highest BCUT2D eigenvalue weighted by atomic mass is 79.9. The Morgan fingerprint density at radius 3 is 2.32 bits per heavy atom. The molecule has 1 aromatic carbocycles. The number of hydrogen-bond donors (Lipinski definition) is 1. The molecule has 0 aliphatic heterocycles. The van der Waals surface area contributed by atoms with E-state index in [1.807, 2.05) is 0 Å². The summed E-state index contributed by atoms with van der Waals surface area (Å²) in [6.07, 6.45) is 0. The average Bonchev–Trinajstić information content (AvgIpc) is 2.48. The molecular weight excluding hydrogens is 423 g/mol. The molecule has 0 unspecified atom stereocenters. The molecule has 0 amide bonds. The Labute approximate surface area is 156 Å². The van der Waals surface area contributed by atoms with Gasteiger partial charge in [-0.05, 0) is 56.6 Å². The van der Waals surface area contributed by atoms with Gasteiger partial charge in [0.2, 0.25) is 0 Å². The normalized spacial score (nSPS) is 16.2. The van der Waals surface area contributed by atoms with Gasteiger partial charge < -0.3 is 4.74 Å². The van der Waals surface area contributed by atoms with Gasteiger partial charge in [0.25, 0.3) is 0 Å². The van der Waals surface area contributed by atoms with Crippen LogP contribution in [0.15, 0.2) is 22.7 Å². The molecule has 2 atom stereocenters. The summed E-state index contributed by atoms with van der Waals surface area (Å²) >= 11 is 2.94. The summed E-state index contributed by atoms with van der Waals surface area (Å²) in [5.74, 6) is -6.98. The molecule has 0 aliphatic rings. The minimum Gasteiger partial charge on any atom is -0.461 e. The van der Waals surface area contributed by atoms with Crippen molar-refractivity contribution in [2.24, 2.45) is 0 Å². The number of ether oxygens (including phenoxy) is 1. The molecule has 0 heterocycles. The van der Waals surface area contributed by atoms with E-state index in [0.29, 0.717) is 0 Å². The number of halogens is 4. The van der Waals surface area contributed by atoms with Crippen LogP contribution in [0.3, 0.4) is 0 Å². The smallest absolute Gasteiger partial charge is 0.379 e. The van der Waals surface area contributed by atoms with Crippen molar-refractivity contribution in [2.45, 2.75) is 50.8 Å². The predicted molar refractivity (Wildman–Crippen MR) is 94.1 cm³/mol. The van der Waals surface area contributed by atoms with E-state index < -0.39 is 44.5 Å². The topological polar surface area (TPSA) is 55.4 Å². The van der Waals surface area contributed by atoms with Gasteiger partial charge in [-0.2, -0.15) is 8.78 Å². The summed E-state index contributed by atoms with van der Waals surface area (Å²) in [5, 5.41) is 0. The molecule has 0 radical (unpaired) electrons. The summed E-state index contributed by atoms with van der Waals surface area (Å²) in [6, 6.07) is 3.80. The summed E-state index contributed by atoms with van der Waals surface area (Å²) in [7, 11) is -2.01. The van der Waals surface area contributed by atoms with Crippen LogP contribution in [0.25, 0.3) is 0 Å². The SMILES string of the molecule is CCOC(=O)C(F)(F)[C@](C)(N[S@](=O)C(C)(C)C)c1cccc(Br)c1F. The van der Waals surface area contributed by atoms with Crippen molar-refractivity contribution in [3.63, 3.8) is 0 Å². The Balaban J connectivity index is 3.59. The molecular formula is C16H21BrF3NO3S. The van der Waals surface area contributed by atoms with E-state index in [1.165, 1.54) is 19.1 Å². The second-order valence-corrected chi connectivity index (χ2v) is 9.33. The molecule has 0 saturated heterocycles. The minimum atomic E-state index is -4.18. The zero-order valence-corrected chi connectivity index (χ0v) is 17.0. The number of hydrogen-bond acceptors (Lipinski definition) is 3. The number of nitrogens with one attached hydrogen (secondary N) is 1. The first-order valence-corrected chi connectivity index (χ1v) is 9.42. The number of alkyl halides is 2. The molecule has 142 valence electrons. The number of carbonyl (C=O) groups is 1. The van der Waals surface area contributed by atoms with Gasteiger partial charge in [0.15, 0.2) is 0 Å². The van der Waals surface area contributed by atoms with Crippen LogP contribution in [0.1, 0.15) is 40.2 Å². The van der Waals surface area contributed by atoms with Crippen molar-refractivity contribution in [2.75, 3.05) is 6.61 Å². The maximum absolute atomic E-state index is 14.9. The molecule has 0 fully saturated rings. The van der Waals surface area contributed by atoms with E-state index >= 15 is 0 Å². The lowest BCUT2D eigenvalue weighted by Crippen LogP contribution is -2.60. The van der Waals surface area contributed by atoms with E-state index in [4.69, 9.17) is 0 Å². The van der Waals surface area contributed by atoms with E-state index in [2.05, 4.69) is 25.4 Å². The van der Waals surface area contributed by atoms with Crippen molar-refractivity contribution in [1.82, 2.24) is 4.72 Å². The van der Waals surface area contributed by atoms with Crippen LogP contribution in [0.2, 0.25) is 0 Å². The molecule has 9 heteroatoms. The van der Waals surface area contributed by atoms with Crippen molar-refractivity contribution in [3.05, 3.63) is 34.1 Å². The first-order valence-electron chi connectivity index (χ1n) is 7.48. The highest BCUT2D eigenvalue weighted by Crippen LogP contribution is 2.41. The predicted octanol–water partition coefficient (Wildman–Crippen LogP) is 4.05. The molecule has 1 aromatic rings. The van der Waals surface area contributed by atoms with E-state index in [0.717, 1.165) is 13.0 Å². The van der Waals surface area contributed by atoms with Crippen LogP contribution in [0.4, 0.5) is 13.2 Å². The van der Waals surface area contributed by atoms with Crippen molar-refractivity contribution in [3.8, 4) is 0 Å². The fourth-order valence-corrected chi connectivity index (χ4v) is 3.22. The van der Waals surface area contributed by atoms with E-state index in [1.54, 1.807) is 20.8 Å². The van der Waals surface area contributed by atoms with Gasteiger partial charge in [-0.25, -0.2) is 18.1 Å². The Morgan fingerprint density at radius 1 is 1.28 bits per heavy atom. The van der Waals surface area contributed by atoms with Crippen LogP contribution in [-0.2, 0) is 26.1 Å². The summed E-state index contributed by atoms with van der Waals surface area (Å²) in [6.45, 7) is 6.74. The fourth-order valence-electron chi connectivity index (χ4n) is 1.94. The third kappa shape index (κ3) is 4.43. The number of benzene rings is 1. The molecule has 0 aromatic heterocycles. The molecule has 0 bridgehead atoms. The van der Waals surface area contributed by atoms with Gasteiger partial charge in [0.1, 0.15) is 11.4 Å². The van der Waals surface area contributed by atoms with Gasteiger partial charge in [-0.3, -0.25) is 0 Å². The highest BCUT2D eigenvalue weighted by molar-refractivity contribution is 9.10. The van der Waals surface area contributed by atoms with Crippen molar-refractivity contribution < 1.29 is 26.9 Å². The average molecular weight is 444 g/mol. The Kier molecular flexibility index (Phi) is 6.86. The summed E-state index contributed by atoms with van der Waals surface area (Å²) in [5.41, 5.74) is -3.09. The van der Waals surface area contributed by atoms with Crippen LogP contribution >= 0.6 is 15.9 Å². The largest absolute Gasteiger partial charge is 0.461 e. The maximum atomic E-state index is 14.9. The van der Waals surface area contributed by atoms with Crippen molar-refractivity contribution in [1.29, 1.82) is 0 Å². The van der Waals surface area contributed by atoms with Crippen LogP contribution in [-0.4, -0.2) is 27.5 Å². The molecule has 1 rings (SSSR count). The number of carbonyl (C=O) groups excluding carboxylic acids is 1. The third-order valence-corrected chi connectivity index (χ3v) is 5.82. The second-order valence-electron chi connectivity index (χ2n) is 6.50. The van der Waals surface area contributed by atoms with E-state index in [-0.39, 0.29) is 11.1 Å². The highest BCUT2D eigenvalue weighted by Gasteiger charge is 2.60. The zero-order valence-electron chi connectivity index (χ0n) is 14.6. The second kappa shape index (κ2) is 7.75. The van der Waals surface area contributed by atoms with Crippen LogP contribution < -0.4 is 4.72 Å². The lowest BCUT2D eigenvalue weighted by molar-refractivity contribution is -0.183.